The zero-order valence-electron chi connectivity index (χ0n) is 13.7. The Morgan fingerprint density at radius 3 is 2.56 bits per heavy atom. The SMILES string of the molecule is Cl.NCCCN(Cc1ccccc1)C(=O)COc1ccc(F)cc1Cl. The third kappa shape index (κ3) is 6.90. The van der Waals surface area contributed by atoms with Crippen molar-refractivity contribution in [2.75, 3.05) is 19.7 Å². The quantitative estimate of drug-likeness (QED) is 0.752. The van der Waals surface area contributed by atoms with Crippen molar-refractivity contribution in [3.63, 3.8) is 0 Å². The lowest BCUT2D eigenvalue weighted by atomic mass is 10.2. The summed E-state index contributed by atoms with van der Waals surface area (Å²) in [4.78, 5) is 14.1. The van der Waals surface area contributed by atoms with Crippen LogP contribution in [0.3, 0.4) is 0 Å². The van der Waals surface area contributed by atoms with Gasteiger partial charge in [-0.15, -0.1) is 12.4 Å². The van der Waals surface area contributed by atoms with E-state index in [1.165, 1.54) is 12.1 Å². The summed E-state index contributed by atoms with van der Waals surface area (Å²) in [5.74, 6) is -0.343. The van der Waals surface area contributed by atoms with Gasteiger partial charge in [-0.1, -0.05) is 41.9 Å². The topological polar surface area (TPSA) is 55.6 Å². The van der Waals surface area contributed by atoms with E-state index < -0.39 is 5.82 Å². The molecule has 7 heteroatoms. The number of carbonyl (C=O) groups is 1. The summed E-state index contributed by atoms with van der Waals surface area (Å²) in [7, 11) is 0. The first-order chi connectivity index (χ1) is 11.6. The smallest absolute Gasteiger partial charge is 0.260 e. The number of hydrogen-bond acceptors (Lipinski definition) is 3. The molecule has 1 amide bonds. The monoisotopic (exact) mass is 386 g/mol. The number of hydrogen-bond donors (Lipinski definition) is 1. The molecule has 0 spiro atoms. The fourth-order valence-electron chi connectivity index (χ4n) is 2.20. The van der Waals surface area contributed by atoms with E-state index in [2.05, 4.69) is 0 Å². The van der Waals surface area contributed by atoms with Gasteiger partial charge in [0.2, 0.25) is 0 Å². The number of nitrogens with two attached hydrogens (primary N) is 1. The molecule has 0 aliphatic carbocycles. The molecule has 0 fully saturated rings. The van der Waals surface area contributed by atoms with Crippen molar-refractivity contribution in [1.29, 1.82) is 0 Å². The van der Waals surface area contributed by atoms with Crippen LogP contribution in [-0.2, 0) is 11.3 Å². The highest BCUT2D eigenvalue weighted by molar-refractivity contribution is 6.32. The molecule has 0 bridgehead atoms. The second kappa shape index (κ2) is 10.9. The molecule has 0 saturated carbocycles. The van der Waals surface area contributed by atoms with Crippen LogP contribution in [0.4, 0.5) is 4.39 Å². The molecule has 0 heterocycles. The van der Waals surface area contributed by atoms with Crippen LogP contribution >= 0.6 is 24.0 Å². The summed E-state index contributed by atoms with van der Waals surface area (Å²) in [6, 6.07) is 13.5. The van der Waals surface area contributed by atoms with E-state index in [0.29, 0.717) is 26.1 Å². The average molecular weight is 387 g/mol. The first kappa shape index (κ1) is 21.2. The highest BCUT2D eigenvalue weighted by Gasteiger charge is 2.15. The van der Waals surface area contributed by atoms with Gasteiger partial charge in [-0.3, -0.25) is 4.79 Å². The first-order valence-electron chi connectivity index (χ1n) is 7.70. The number of carbonyl (C=O) groups excluding carboxylic acids is 1. The van der Waals surface area contributed by atoms with E-state index in [1.807, 2.05) is 30.3 Å². The van der Waals surface area contributed by atoms with Crippen molar-refractivity contribution in [2.45, 2.75) is 13.0 Å². The Morgan fingerprint density at radius 2 is 1.92 bits per heavy atom. The molecule has 2 N–H and O–H groups in total. The number of rotatable bonds is 8. The predicted molar refractivity (Wildman–Crippen MR) is 99.7 cm³/mol. The van der Waals surface area contributed by atoms with Gasteiger partial charge in [-0.2, -0.15) is 0 Å². The van der Waals surface area contributed by atoms with Crippen molar-refractivity contribution >= 4 is 29.9 Å². The highest BCUT2D eigenvalue weighted by Crippen LogP contribution is 2.24. The van der Waals surface area contributed by atoms with Gasteiger partial charge < -0.3 is 15.4 Å². The molecule has 0 saturated heterocycles. The molecule has 2 aromatic carbocycles. The van der Waals surface area contributed by atoms with Gasteiger partial charge in [0, 0.05) is 13.1 Å². The molecule has 2 rings (SSSR count). The zero-order chi connectivity index (χ0) is 17.4. The Hall–Kier alpha value is -1.82. The third-order valence-corrected chi connectivity index (χ3v) is 3.74. The Morgan fingerprint density at radius 1 is 1.20 bits per heavy atom. The molecule has 0 radical (unpaired) electrons. The molecule has 0 atom stereocenters. The third-order valence-electron chi connectivity index (χ3n) is 3.45. The fraction of sp³-hybridized carbons (Fsp3) is 0.278. The maximum Gasteiger partial charge on any atom is 0.260 e. The molecule has 0 aliphatic rings. The van der Waals surface area contributed by atoms with Gasteiger partial charge in [0.1, 0.15) is 11.6 Å². The number of amides is 1. The van der Waals surface area contributed by atoms with E-state index in [1.54, 1.807) is 4.90 Å². The summed E-state index contributed by atoms with van der Waals surface area (Å²) < 4.78 is 18.5. The van der Waals surface area contributed by atoms with Gasteiger partial charge >= 0.3 is 0 Å². The Balaban J connectivity index is 0.00000312. The van der Waals surface area contributed by atoms with E-state index >= 15 is 0 Å². The first-order valence-corrected chi connectivity index (χ1v) is 8.07. The number of nitrogens with zero attached hydrogens (tertiary/aromatic N) is 1. The summed E-state index contributed by atoms with van der Waals surface area (Å²) >= 11 is 5.90. The van der Waals surface area contributed by atoms with Gasteiger partial charge in [-0.05, 0) is 36.7 Å². The van der Waals surface area contributed by atoms with Crippen LogP contribution in [0, 0.1) is 5.82 Å². The predicted octanol–water partition coefficient (Wildman–Crippen LogP) is 3.66. The van der Waals surface area contributed by atoms with Crippen LogP contribution in [0.25, 0.3) is 0 Å². The molecule has 0 aliphatic heterocycles. The molecule has 0 unspecified atom stereocenters. The van der Waals surface area contributed by atoms with Gasteiger partial charge in [0.15, 0.2) is 6.61 Å². The Bertz CT molecular complexity index is 671. The average Bonchev–Trinajstić information content (AvgIpc) is 2.58. The molecule has 2 aromatic rings. The summed E-state index contributed by atoms with van der Waals surface area (Å²) in [6.07, 6.45) is 0.704. The van der Waals surface area contributed by atoms with Crippen LogP contribution in [0.15, 0.2) is 48.5 Å². The lowest BCUT2D eigenvalue weighted by molar-refractivity contribution is -0.134. The minimum atomic E-state index is -0.452. The maximum absolute atomic E-state index is 13.0. The second-order valence-corrected chi connectivity index (χ2v) is 5.71. The minimum absolute atomic E-state index is 0. The van der Waals surface area contributed by atoms with Gasteiger partial charge in [0.25, 0.3) is 5.91 Å². The lowest BCUT2D eigenvalue weighted by Gasteiger charge is -2.23. The largest absolute Gasteiger partial charge is 0.482 e. The summed E-state index contributed by atoms with van der Waals surface area (Å²) in [5, 5.41) is 0.138. The molecular formula is C18H21Cl2FN2O2. The van der Waals surface area contributed by atoms with E-state index in [0.717, 1.165) is 11.6 Å². The number of benzene rings is 2. The van der Waals surface area contributed by atoms with Crippen LogP contribution in [-0.4, -0.2) is 30.5 Å². The van der Waals surface area contributed by atoms with E-state index in [4.69, 9.17) is 22.1 Å². The lowest BCUT2D eigenvalue weighted by Crippen LogP contribution is -2.36. The normalized spacial score (nSPS) is 10.0. The Kier molecular flexibility index (Phi) is 9.27. The molecule has 136 valence electrons. The summed E-state index contributed by atoms with van der Waals surface area (Å²) in [6.45, 7) is 1.37. The number of halogens is 3. The van der Waals surface area contributed by atoms with Crippen molar-refractivity contribution in [1.82, 2.24) is 4.90 Å². The van der Waals surface area contributed by atoms with Gasteiger partial charge in [-0.25, -0.2) is 4.39 Å². The van der Waals surface area contributed by atoms with Crippen molar-refractivity contribution in [2.24, 2.45) is 5.73 Å². The fourth-order valence-corrected chi connectivity index (χ4v) is 2.42. The second-order valence-electron chi connectivity index (χ2n) is 5.31. The maximum atomic E-state index is 13.0. The van der Waals surface area contributed by atoms with Crippen LogP contribution in [0.5, 0.6) is 5.75 Å². The van der Waals surface area contributed by atoms with Crippen molar-refractivity contribution in [3.05, 3.63) is 64.9 Å². The van der Waals surface area contributed by atoms with Crippen LogP contribution in [0.1, 0.15) is 12.0 Å². The van der Waals surface area contributed by atoms with E-state index in [9.17, 15) is 9.18 Å². The molecule has 25 heavy (non-hydrogen) atoms. The van der Waals surface area contributed by atoms with Crippen LogP contribution < -0.4 is 10.5 Å². The number of ether oxygens (including phenoxy) is 1. The zero-order valence-corrected chi connectivity index (χ0v) is 15.2. The summed E-state index contributed by atoms with van der Waals surface area (Å²) in [5.41, 5.74) is 6.58. The van der Waals surface area contributed by atoms with Crippen molar-refractivity contribution in [3.8, 4) is 5.75 Å². The van der Waals surface area contributed by atoms with Crippen molar-refractivity contribution < 1.29 is 13.9 Å². The molecule has 4 nitrogen and oxygen atoms in total. The van der Waals surface area contributed by atoms with E-state index in [-0.39, 0.29) is 35.7 Å². The molecular weight excluding hydrogens is 366 g/mol. The highest BCUT2D eigenvalue weighted by atomic mass is 35.5. The molecule has 0 aromatic heterocycles. The standard InChI is InChI=1S/C18H20ClFN2O2.ClH/c19-16-11-15(20)7-8-17(16)24-13-18(23)22(10-4-9-21)12-14-5-2-1-3-6-14;/h1-3,5-8,11H,4,9-10,12-13,21H2;1H. The Labute approximate surface area is 158 Å². The minimum Gasteiger partial charge on any atom is -0.482 e. The van der Waals surface area contributed by atoms with Crippen LogP contribution in [0.2, 0.25) is 5.02 Å². The van der Waals surface area contributed by atoms with Gasteiger partial charge in [0.05, 0.1) is 5.02 Å².